The first kappa shape index (κ1) is 16.8. The molecule has 5 rings (SSSR count). The molecule has 2 aromatic carbocycles. The smallest absolute Gasteiger partial charge is 0.284 e. The van der Waals surface area contributed by atoms with Crippen LogP contribution in [0.25, 0.3) is 10.2 Å². The van der Waals surface area contributed by atoms with Crippen LogP contribution < -0.4 is 14.8 Å². The normalized spacial score (nSPS) is 15.5. The van der Waals surface area contributed by atoms with E-state index in [-0.39, 0.29) is 12.0 Å². The second-order valence-corrected chi connectivity index (χ2v) is 7.42. The summed E-state index contributed by atoms with van der Waals surface area (Å²) in [7, 11) is 0. The van der Waals surface area contributed by atoms with Crippen molar-refractivity contribution in [2.24, 2.45) is 0 Å². The van der Waals surface area contributed by atoms with E-state index in [1.165, 1.54) is 11.3 Å². The van der Waals surface area contributed by atoms with Crippen molar-refractivity contribution in [1.29, 1.82) is 0 Å². The largest absolute Gasteiger partial charge is 0.486 e. The van der Waals surface area contributed by atoms with Crippen LogP contribution in [-0.2, 0) is 6.54 Å². The predicted octanol–water partition coefficient (Wildman–Crippen LogP) is 3.59. The average Bonchev–Trinajstić information content (AvgIpc) is 3.34. The minimum Gasteiger partial charge on any atom is -0.486 e. The molecule has 0 aliphatic carbocycles. The molecular weight excluding hydrogens is 376 g/mol. The van der Waals surface area contributed by atoms with Crippen LogP contribution in [0.15, 0.2) is 60.9 Å². The number of rotatable bonds is 4. The van der Waals surface area contributed by atoms with Gasteiger partial charge in [0.2, 0.25) is 0 Å². The van der Waals surface area contributed by atoms with Crippen LogP contribution in [0.3, 0.4) is 0 Å². The zero-order chi connectivity index (χ0) is 18.9. The van der Waals surface area contributed by atoms with Crippen LogP contribution in [-0.4, -0.2) is 33.4 Å². The summed E-state index contributed by atoms with van der Waals surface area (Å²) in [4.78, 5) is 16.8. The maximum absolute atomic E-state index is 12.5. The second-order valence-electron chi connectivity index (χ2n) is 6.39. The van der Waals surface area contributed by atoms with Gasteiger partial charge in [-0.25, -0.2) is 4.98 Å². The van der Waals surface area contributed by atoms with Crippen molar-refractivity contribution in [3.05, 3.63) is 65.9 Å². The van der Waals surface area contributed by atoms with E-state index in [1.807, 2.05) is 48.5 Å². The van der Waals surface area contributed by atoms with Gasteiger partial charge in [0.05, 0.1) is 28.6 Å². The molecule has 1 N–H and O–H groups in total. The van der Waals surface area contributed by atoms with Gasteiger partial charge >= 0.3 is 0 Å². The molecule has 0 saturated heterocycles. The standard InChI is InChI=1S/C20H16N4O3S/c25-19(20-23-15-5-1-4-8-18(15)28-20)22-13-9-21-24(10-13)11-14-12-26-16-6-2-3-7-17(16)27-14/h1-10,14H,11-12H2,(H,22,25)/t14-/m0/s1. The van der Waals surface area contributed by atoms with Crippen LogP contribution in [0.4, 0.5) is 5.69 Å². The molecule has 0 bridgehead atoms. The van der Waals surface area contributed by atoms with Gasteiger partial charge in [0, 0.05) is 6.20 Å². The number of hydrogen-bond acceptors (Lipinski definition) is 6. The van der Waals surface area contributed by atoms with Crippen LogP contribution in [0.5, 0.6) is 11.5 Å². The quantitative estimate of drug-likeness (QED) is 0.574. The van der Waals surface area contributed by atoms with Gasteiger partial charge in [-0.05, 0) is 24.3 Å². The summed E-state index contributed by atoms with van der Waals surface area (Å²) in [5, 5.41) is 7.58. The summed E-state index contributed by atoms with van der Waals surface area (Å²) in [5.74, 6) is 1.24. The molecule has 0 saturated carbocycles. The van der Waals surface area contributed by atoms with Crippen molar-refractivity contribution < 1.29 is 14.3 Å². The first-order chi connectivity index (χ1) is 13.7. The van der Waals surface area contributed by atoms with Gasteiger partial charge in [-0.3, -0.25) is 9.48 Å². The van der Waals surface area contributed by atoms with E-state index in [9.17, 15) is 4.79 Å². The third-order valence-electron chi connectivity index (χ3n) is 4.34. The van der Waals surface area contributed by atoms with Crippen molar-refractivity contribution in [1.82, 2.24) is 14.8 Å². The highest BCUT2D eigenvalue weighted by atomic mass is 32.1. The molecule has 0 radical (unpaired) electrons. The molecule has 1 aliphatic rings. The number of para-hydroxylation sites is 3. The number of benzene rings is 2. The number of fused-ring (bicyclic) bond motifs is 2. The molecule has 2 aromatic heterocycles. The van der Waals surface area contributed by atoms with Gasteiger partial charge in [0.15, 0.2) is 22.6 Å². The molecular formula is C20H16N4O3S. The second kappa shape index (κ2) is 6.97. The van der Waals surface area contributed by atoms with Crippen molar-refractivity contribution >= 4 is 33.1 Å². The topological polar surface area (TPSA) is 78.3 Å². The molecule has 28 heavy (non-hydrogen) atoms. The zero-order valence-corrected chi connectivity index (χ0v) is 15.6. The fourth-order valence-electron chi connectivity index (χ4n) is 3.04. The van der Waals surface area contributed by atoms with Gasteiger partial charge in [0.1, 0.15) is 6.61 Å². The highest BCUT2D eigenvalue weighted by Gasteiger charge is 2.21. The highest BCUT2D eigenvalue weighted by Crippen LogP contribution is 2.31. The molecule has 0 unspecified atom stereocenters. The first-order valence-corrected chi connectivity index (χ1v) is 9.64. The van der Waals surface area contributed by atoms with E-state index >= 15 is 0 Å². The lowest BCUT2D eigenvalue weighted by Crippen LogP contribution is -2.33. The van der Waals surface area contributed by atoms with Gasteiger partial charge < -0.3 is 14.8 Å². The number of amides is 1. The van der Waals surface area contributed by atoms with Crippen molar-refractivity contribution in [2.45, 2.75) is 12.6 Å². The number of ether oxygens (including phenoxy) is 2. The Balaban J connectivity index is 1.24. The minimum absolute atomic E-state index is 0.150. The van der Waals surface area contributed by atoms with Crippen LogP contribution >= 0.6 is 11.3 Å². The lowest BCUT2D eigenvalue weighted by atomic mass is 10.2. The molecule has 0 fully saturated rings. The van der Waals surface area contributed by atoms with E-state index in [0.29, 0.717) is 23.8 Å². The van der Waals surface area contributed by atoms with Crippen molar-refractivity contribution in [3.8, 4) is 11.5 Å². The fourth-order valence-corrected chi connectivity index (χ4v) is 3.90. The Labute approximate surface area is 164 Å². The maximum atomic E-state index is 12.5. The molecule has 1 amide bonds. The fraction of sp³-hybridized carbons (Fsp3) is 0.150. The number of nitrogens with one attached hydrogen (secondary N) is 1. The molecule has 1 aliphatic heterocycles. The lowest BCUT2D eigenvalue weighted by molar-refractivity contribution is 0.0759. The Hall–Kier alpha value is -3.39. The van der Waals surface area contributed by atoms with E-state index in [2.05, 4.69) is 15.4 Å². The predicted molar refractivity (Wildman–Crippen MR) is 106 cm³/mol. The number of carbonyl (C=O) groups is 1. The van der Waals surface area contributed by atoms with Crippen LogP contribution in [0.2, 0.25) is 0 Å². The molecule has 1 atom stereocenters. The molecule has 8 heteroatoms. The van der Waals surface area contributed by atoms with Crippen LogP contribution in [0, 0.1) is 0 Å². The molecule has 7 nitrogen and oxygen atoms in total. The number of aromatic nitrogens is 3. The number of anilines is 1. The van der Waals surface area contributed by atoms with Gasteiger partial charge in [-0.15, -0.1) is 11.3 Å². The van der Waals surface area contributed by atoms with Gasteiger partial charge in [-0.1, -0.05) is 24.3 Å². The molecule has 140 valence electrons. The summed E-state index contributed by atoms with van der Waals surface area (Å²) in [5.41, 5.74) is 1.43. The van der Waals surface area contributed by atoms with E-state index < -0.39 is 0 Å². The van der Waals surface area contributed by atoms with E-state index in [0.717, 1.165) is 21.7 Å². The van der Waals surface area contributed by atoms with Crippen LogP contribution in [0.1, 0.15) is 9.80 Å². The average molecular weight is 392 g/mol. The SMILES string of the molecule is O=C(Nc1cnn(C[C@H]2COc3ccccc3O2)c1)c1nc2ccccc2s1. The lowest BCUT2D eigenvalue weighted by Gasteiger charge is -2.26. The number of carbonyl (C=O) groups excluding carboxylic acids is 1. The van der Waals surface area contributed by atoms with Gasteiger partial charge in [-0.2, -0.15) is 5.10 Å². The van der Waals surface area contributed by atoms with E-state index in [1.54, 1.807) is 17.1 Å². The number of nitrogens with zero attached hydrogens (tertiary/aromatic N) is 3. The van der Waals surface area contributed by atoms with Crippen molar-refractivity contribution in [3.63, 3.8) is 0 Å². The third-order valence-corrected chi connectivity index (χ3v) is 5.37. The third kappa shape index (κ3) is 3.29. The summed E-state index contributed by atoms with van der Waals surface area (Å²) < 4.78 is 14.4. The Morgan fingerprint density at radius 3 is 2.89 bits per heavy atom. The van der Waals surface area contributed by atoms with E-state index in [4.69, 9.17) is 9.47 Å². The summed E-state index contributed by atoms with van der Waals surface area (Å²) in [6, 6.07) is 15.3. The highest BCUT2D eigenvalue weighted by molar-refractivity contribution is 7.20. The number of hydrogen-bond donors (Lipinski definition) is 1. The Bertz CT molecular complexity index is 1120. The Morgan fingerprint density at radius 2 is 2.00 bits per heavy atom. The first-order valence-electron chi connectivity index (χ1n) is 8.82. The van der Waals surface area contributed by atoms with Crippen molar-refractivity contribution in [2.75, 3.05) is 11.9 Å². The molecule has 3 heterocycles. The Kier molecular flexibility index (Phi) is 4.17. The minimum atomic E-state index is -0.244. The monoisotopic (exact) mass is 392 g/mol. The molecule has 0 spiro atoms. The summed E-state index contributed by atoms with van der Waals surface area (Å²) in [6.45, 7) is 0.968. The maximum Gasteiger partial charge on any atom is 0.284 e. The summed E-state index contributed by atoms with van der Waals surface area (Å²) in [6.07, 6.45) is 3.24. The number of thiazole rings is 1. The zero-order valence-electron chi connectivity index (χ0n) is 14.7. The summed E-state index contributed by atoms with van der Waals surface area (Å²) >= 11 is 1.37. The Morgan fingerprint density at radius 1 is 1.18 bits per heavy atom. The molecule has 4 aromatic rings. The van der Waals surface area contributed by atoms with Gasteiger partial charge in [0.25, 0.3) is 5.91 Å².